The third-order valence-electron chi connectivity index (χ3n) is 4.45. The maximum Gasteiger partial charge on any atom is 0.255 e. The van der Waals surface area contributed by atoms with Crippen molar-refractivity contribution in [1.29, 1.82) is 0 Å². The van der Waals surface area contributed by atoms with Crippen LogP contribution in [0.25, 0.3) is 11.3 Å². The minimum Gasteiger partial charge on any atom is -0.491 e. The zero-order chi connectivity index (χ0) is 21.9. The van der Waals surface area contributed by atoms with E-state index in [2.05, 4.69) is 31.8 Å². The number of hydrogen-bond acceptors (Lipinski definition) is 5. The summed E-state index contributed by atoms with van der Waals surface area (Å²) in [5.41, 5.74) is 5.00. The summed E-state index contributed by atoms with van der Waals surface area (Å²) in [6.45, 7) is 4.22. The van der Waals surface area contributed by atoms with Crippen molar-refractivity contribution in [2.75, 3.05) is 11.9 Å². The van der Waals surface area contributed by atoms with Crippen LogP contribution in [0.4, 0.5) is 5.69 Å². The number of rotatable bonds is 7. The molecule has 1 heterocycles. The molecule has 0 unspecified atom stereocenters. The molecule has 0 atom stereocenters. The van der Waals surface area contributed by atoms with Crippen LogP contribution in [0.3, 0.4) is 0 Å². The van der Waals surface area contributed by atoms with Gasteiger partial charge in [-0.15, -0.1) is 0 Å². The van der Waals surface area contributed by atoms with Crippen molar-refractivity contribution >= 4 is 39.1 Å². The molecule has 1 aromatic heterocycles. The molecule has 3 aromatic rings. The van der Waals surface area contributed by atoms with Crippen molar-refractivity contribution in [2.45, 2.75) is 19.4 Å². The van der Waals surface area contributed by atoms with E-state index in [9.17, 15) is 4.79 Å². The monoisotopic (exact) mass is 491 g/mol. The highest BCUT2D eigenvalue weighted by atomic mass is 79.9. The first-order valence-electron chi connectivity index (χ1n) is 9.19. The molecule has 0 spiro atoms. The summed E-state index contributed by atoms with van der Waals surface area (Å²) in [7, 11) is 1.84. The van der Waals surface area contributed by atoms with Crippen molar-refractivity contribution in [3.05, 3.63) is 63.7 Å². The number of carbonyl (C=O) groups excluding carboxylic acids is 1. The molecule has 2 aromatic carbocycles. The molecule has 9 heteroatoms. The van der Waals surface area contributed by atoms with Crippen molar-refractivity contribution in [2.24, 2.45) is 12.9 Å². The minimum atomic E-state index is -0.416. The normalized spacial score (nSPS) is 11.4. The Morgan fingerprint density at radius 3 is 2.70 bits per heavy atom. The molecule has 30 heavy (non-hydrogen) atoms. The first-order valence-corrected chi connectivity index (χ1v) is 10.4. The SMILES string of the molecule is Cn1ncc(Br)c1-c1cc(NC(=O)c2cccc(Cl)c2)ccc1OCC(C)(C)NN. The smallest absolute Gasteiger partial charge is 0.255 e. The lowest BCUT2D eigenvalue weighted by Gasteiger charge is -2.24. The second-order valence-electron chi connectivity index (χ2n) is 7.46. The topological polar surface area (TPSA) is 94.2 Å². The van der Waals surface area contributed by atoms with Gasteiger partial charge in [0.2, 0.25) is 0 Å². The van der Waals surface area contributed by atoms with Gasteiger partial charge >= 0.3 is 0 Å². The van der Waals surface area contributed by atoms with Crippen LogP contribution in [0.15, 0.2) is 53.1 Å². The molecule has 0 aliphatic carbocycles. The van der Waals surface area contributed by atoms with Gasteiger partial charge in [0.15, 0.2) is 0 Å². The van der Waals surface area contributed by atoms with Crippen LogP contribution < -0.4 is 21.3 Å². The number of amides is 1. The summed E-state index contributed by atoms with van der Waals surface area (Å²) < 4.78 is 8.60. The van der Waals surface area contributed by atoms with Crippen LogP contribution in [0.2, 0.25) is 5.02 Å². The number of nitrogens with two attached hydrogens (primary N) is 1. The minimum absolute atomic E-state index is 0.255. The number of aryl methyl sites for hydroxylation is 1. The fourth-order valence-corrected chi connectivity index (χ4v) is 3.52. The lowest BCUT2D eigenvalue weighted by molar-refractivity contribution is 0.102. The molecule has 0 saturated carbocycles. The van der Waals surface area contributed by atoms with Crippen molar-refractivity contribution in [1.82, 2.24) is 15.2 Å². The lowest BCUT2D eigenvalue weighted by atomic mass is 10.1. The van der Waals surface area contributed by atoms with Gasteiger partial charge in [-0.2, -0.15) is 5.10 Å². The molecular weight excluding hydrogens is 470 g/mol. The van der Waals surface area contributed by atoms with E-state index in [0.717, 1.165) is 15.7 Å². The highest BCUT2D eigenvalue weighted by molar-refractivity contribution is 9.10. The Morgan fingerprint density at radius 1 is 1.30 bits per heavy atom. The Hall–Kier alpha value is -2.39. The summed E-state index contributed by atoms with van der Waals surface area (Å²) in [5.74, 6) is 5.97. The first-order chi connectivity index (χ1) is 14.2. The quantitative estimate of drug-likeness (QED) is 0.336. The maximum absolute atomic E-state index is 12.6. The lowest BCUT2D eigenvalue weighted by Crippen LogP contribution is -2.48. The zero-order valence-corrected chi connectivity index (χ0v) is 19.2. The molecular formula is C21H23BrClN5O2. The molecule has 0 aliphatic heterocycles. The van der Waals surface area contributed by atoms with Gasteiger partial charge in [-0.3, -0.25) is 20.7 Å². The van der Waals surface area contributed by atoms with Crippen molar-refractivity contribution < 1.29 is 9.53 Å². The Morgan fingerprint density at radius 2 is 2.07 bits per heavy atom. The van der Waals surface area contributed by atoms with Crippen LogP contribution in [0.5, 0.6) is 5.75 Å². The van der Waals surface area contributed by atoms with Crippen LogP contribution in [0, 0.1) is 0 Å². The molecule has 0 radical (unpaired) electrons. The average Bonchev–Trinajstić information content (AvgIpc) is 3.05. The Bertz CT molecular complexity index is 1050. The number of hydrogen-bond donors (Lipinski definition) is 3. The van der Waals surface area contributed by atoms with Crippen molar-refractivity contribution in [3.8, 4) is 17.0 Å². The number of benzene rings is 2. The first kappa shape index (κ1) is 22.3. The zero-order valence-electron chi connectivity index (χ0n) is 16.9. The number of nitrogens with zero attached hydrogens (tertiary/aromatic N) is 2. The molecule has 0 saturated heterocycles. The van der Waals surface area contributed by atoms with Crippen LogP contribution in [0.1, 0.15) is 24.2 Å². The summed E-state index contributed by atoms with van der Waals surface area (Å²) >= 11 is 9.54. The van der Waals surface area contributed by atoms with Gasteiger partial charge in [-0.25, -0.2) is 0 Å². The molecule has 3 rings (SSSR count). The fourth-order valence-electron chi connectivity index (χ4n) is 2.77. The number of aromatic nitrogens is 2. The van der Waals surface area contributed by atoms with E-state index >= 15 is 0 Å². The van der Waals surface area contributed by atoms with E-state index < -0.39 is 5.54 Å². The fraction of sp³-hybridized carbons (Fsp3) is 0.238. The van der Waals surface area contributed by atoms with E-state index in [0.29, 0.717) is 28.6 Å². The maximum atomic E-state index is 12.6. The number of ether oxygens (including phenoxy) is 1. The number of nitrogens with one attached hydrogen (secondary N) is 2. The number of halogens is 2. The average molecular weight is 493 g/mol. The molecule has 0 aliphatic rings. The molecule has 0 bridgehead atoms. The van der Waals surface area contributed by atoms with E-state index in [1.807, 2.05) is 33.0 Å². The molecule has 0 fully saturated rings. The van der Waals surface area contributed by atoms with Gasteiger partial charge in [0.25, 0.3) is 5.91 Å². The number of carbonyl (C=O) groups is 1. The summed E-state index contributed by atoms with van der Waals surface area (Å²) in [5, 5.41) is 7.70. The van der Waals surface area contributed by atoms with E-state index in [-0.39, 0.29) is 5.91 Å². The van der Waals surface area contributed by atoms with Gasteiger partial charge in [-0.05, 0) is 66.2 Å². The second kappa shape index (κ2) is 9.18. The molecule has 158 valence electrons. The predicted molar refractivity (Wildman–Crippen MR) is 123 cm³/mol. The Balaban J connectivity index is 1.95. The number of hydrazine groups is 1. The van der Waals surface area contributed by atoms with Crippen LogP contribution in [-0.2, 0) is 7.05 Å². The molecule has 7 nitrogen and oxygen atoms in total. The summed E-state index contributed by atoms with van der Waals surface area (Å²) in [6, 6.07) is 12.2. The third kappa shape index (κ3) is 5.20. The van der Waals surface area contributed by atoms with Gasteiger partial charge < -0.3 is 10.1 Å². The third-order valence-corrected chi connectivity index (χ3v) is 5.27. The van der Waals surface area contributed by atoms with Gasteiger partial charge in [0, 0.05) is 28.9 Å². The van der Waals surface area contributed by atoms with E-state index in [1.165, 1.54) is 0 Å². The van der Waals surface area contributed by atoms with Gasteiger partial charge in [0.1, 0.15) is 12.4 Å². The predicted octanol–water partition coefficient (Wildman–Crippen LogP) is 4.38. The standard InChI is InChI=1S/C21H23BrClN5O2/c1-21(2,27-24)12-30-18-8-7-15(10-16(18)19-17(22)11-25-28(19)3)26-20(29)13-5-4-6-14(23)9-13/h4-11,27H,12,24H2,1-3H3,(H,26,29). The van der Waals surface area contributed by atoms with Crippen molar-refractivity contribution in [3.63, 3.8) is 0 Å². The van der Waals surface area contributed by atoms with Gasteiger partial charge in [-0.1, -0.05) is 17.7 Å². The van der Waals surface area contributed by atoms with Gasteiger partial charge in [0.05, 0.1) is 21.9 Å². The number of anilines is 1. The second-order valence-corrected chi connectivity index (χ2v) is 8.75. The summed E-state index contributed by atoms with van der Waals surface area (Å²) in [6.07, 6.45) is 1.71. The largest absolute Gasteiger partial charge is 0.491 e. The summed E-state index contributed by atoms with van der Waals surface area (Å²) in [4.78, 5) is 12.6. The van der Waals surface area contributed by atoms with Crippen LogP contribution >= 0.6 is 27.5 Å². The van der Waals surface area contributed by atoms with E-state index in [4.69, 9.17) is 22.2 Å². The van der Waals surface area contributed by atoms with Crippen LogP contribution in [-0.4, -0.2) is 27.8 Å². The Kier molecular flexibility index (Phi) is 6.82. The Labute approximate surface area is 188 Å². The highest BCUT2D eigenvalue weighted by Crippen LogP contribution is 2.37. The highest BCUT2D eigenvalue weighted by Gasteiger charge is 2.20. The van der Waals surface area contributed by atoms with E-state index in [1.54, 1.807) is 41.2 Å². The molecule has 1 amide bonds. The molecule has 4 N–H and O–H groups in total.